The quantitative estimate of drug-likeness (QED) is 0.297. The number of hydrogen-bond donors (Lipinski definition) is 2. The zero-order chi connectivity index (χ0) is 28.0. The molecule has 1 aliphatic carbocycles. The number of benzene rings is 1. The maximum Gasteiger partial charge on any atom is 0.303 e. The lowest BCUT2D eigenvalue weighted by atomic mass is 9.99. The van der Waals surface area contributed by atoms with Crippen LogP contribution in [0.2, 0.25) is 0 Å². The van der Waals surface area contributed by atoms with Gasteiger partial charge in [-0.15, -0.1) is 5.73 Å². The molecule has 2 N–H and O–H groups in total. The molecule has 1 saturated carbocycles. The van der Waals surface area contributed by atoms with Crippen LogP contribution in [0.25, 0.3) is 0 Å². The van der Waals surface area contributed by atoms with Crippen LogP contribution in [0.4, 0.5) is 0 Å². The molecule has 2 saturated heterocycles. The molecule has 1 aromatic carbocycles. The lowest BCUT2D eigenvalue weighted by Crippen LogP contribution is -2.40. The van der Waals surface area contributed by atoms with Gasteiger partial charge in [0.15, 0.2) is 12.6 Å². The highest BCUT2D eigenvalue weighted by Crippen LogP contribution is 2.36. The van der Waals surface area contributed by atoms with Crippen molar-refractivity contribution in [3.8, 4) is 5.75 Å². The number of carboxylic acids is 1. The van der Waals surface area contributed by atoms with Crippen LogP contribution in [0, 0.1) is 5.92 Å². The average Bonchev–Trinajstić information content (AvgIpc) is 3.26. The molecule has 222 valence electrons. The molecule has 3 aliphatic rings. The maximum absolute atomic E-state index is 11.0. The minimum atomic E-state index is -0.839. The molecule has 3 fully saturated rings. The Hall–Kier alpha value is -2.23. The normalized spacial score (nSPS) is 29.3. The van der Waals surface area contributed by atoms with E-state index in [4.69, 9.17) is 33.5 Å². The molecule has 7 unspecified atom stereocenters. The summed E-state index contributed by atoms with van der Waals surface area (Å²) in [5.74, 6) is -0.296. The molecule has 7 atom stereocenters. The number of aliphatic hydroxyl groups excluding tert-OH is 1. The Morgan fingerprint density at radius 1 is 1.02 bits per heavy atom. The Bertz CT molecular complexity index is 920. The topological polar surface area (TPSA) is 113 Å². The molecule has 4 rings (SSSR count). The second kappa shape index (κ2) is 16.9. The summed E-state index contributed by atoms with van der Waals surface area (Å²) in [4.78, 5) is 10.7. The van der Waals surface area contributed by atoms with Gasteiger partial charge in [0.2, 0.25) is 0 Å². The van der Waals surface area contributed by atoms with Crippen molar-refractivity contribution in [2.24, 2.45) is 5.92 Å². The van der Waals surface area contributed by atoms with E-state index in [1.54, 1.807) is 6.08 Å². The summed E-state index contributed by atoms with van der Waals surface area (Å²) < 4.78 is 36.8. The predicted molar refractivity (Wildman–Crippen MR) is 147 cm³/mol. The molecule has 0 aromatic heterocycles. The molecule has 0 radical (unpaired) electrons. The van der Waals surface area contributed by atoms with E-state index in [1.165, 1.54) is 0 Å². The third kappa shape index (κ3) is 10.3. The fourth-order valence-corrected chi connectivity index (χ4v) is 5.36. The number of hydrogen-bond acceptors (Lipinski definition) is 8. The van der Waals surface area contributed by atoms with Crippen molar-refractivity contribution >= 4 is 5.97 Å². The van der Waals surface area contributed by atoms with Gasteiger partial charge in [-0.25, -0.2) is 0 Å². The Morgan fingerprint density at radius 2 is 1.77 bits per heavy atom. The number of carbonyl (C=O) groups is 1. The first-order valence-corrected chi connectivity index (χ1v) is 14.7. The predicted octanol–water partition coefficient (Wildman–Crippen LogP) is 4.62. The third-order valence-corrected chi connectivity index (χ3v) is 7.48. The van der Waals surface area contributed by atoms with Crippen LogP contribution in [0.5, 0.6) is 5.75 Å². The number of para-hydroxylation sites is 1. The minimum Gasteiger partial charge on any atom is -0.491 e. The number of rotatable bonds is 15. The summed E-state index contributed by atoms with van der Waals surface area (Å²) >= 11 is 0. The molecule has 0 amide bonds. The Kier molecular flexibility index (Phi) is 13.0. The van der Waals surface area contributed by atoms with Crippen LogP contribution < -0.4 is 4.74 Å². The SMILES string of the molecule is O=C(O)CCC=C=CCC1C(O)CC(OC2CCCCO2)C1OCC(COc1ccccc1)OC1CCCCO1. The number of carboxylic acid groups (broad SMARTS) is 1. The lowest BCUT2D eigenvalue weighted by molar-refractivity contribution is -0.226. The van der Waals surface area contributed by atoms with E-state index in [0.717, 1.165) is 44.3 Å². The van der Waals surface area contributed by atoms with Crippen LogP contribution in [-0.2, 0) is 28.5 Å². The molecular formula is C31H44O9. The van der Waals surface area contributed by atoms with Crippen molar-refractivity contribution in [1.29, 1.82) is 0 Å². The van der Waals surface area contributed by atoms with Gasteiger partial charge in [-0.3, -0.25) is 4.79 Å². The second-order valence-corrected chi connectivity index (χ2v) is 10.7. The van der Waals surface area contributed by atoms with E-state index in [9.17, 15) is 9.90 Å². The maximum atomic E-state index is 11.0. The van der Waals surface area contributed by atoms with E-state index in [1.807, 2.05) is 36.4 Å². The van der Waals surface area contributed by atoms with Crippen molar-refractivity contribution < 1.29 is 43.4 Å². The lowest BCUT2D eigenvalue weighted by Gasteiger charge is -2.32. The molecular weight excluding hydrogens is 516 g/mol. The first-order valence-electron chi connectivity index (χ1n) is 14.7. The molecule has 40 heavy (non-hydrogen) atoms. The van der Waals surface area contributed by atoms with E-state index >= 15 is 0 Å². The summed E-state index contributed by atoms with van der Waals surface area (Å²) in [5.41, 5.74) is 3.06. The monoisotopic (exact) mass is 560 g/mol. The van der Waals surface area contributed by atoms with Gasteiger partial charge in [0.05, 0.1) is 24.9 Å². The van der Waals surface area contributed by atoms with Crippen molar-refractivity contribution in [1.82, 2.24) is 0 Å². The van der Waals surface area contributed by atoms with Crippen molar-refractivity contribution in [2.45, 2.75) is 101 Å². The molecule has 9 heteroatoms. The van der Waals surface area contributed by atoms with Gasteiger partial charge in [-0.1, -0.05) is 18.2 Å². The zero-order valence-electron chi connectivity index (χ0n) is 23.2. The number of ether oxygens (including phenoxy) is 6. The van der Waals surface area contributed by atoms with Gasteiger partial charge in [0.1, 0.15) is 18.5 Å². The summed E-state index contributed by atoms with van der Waals surface area (Å²) in [6, 6.07) is 9.60. The molecule has 2 heterocycles. The first-order chi connectivity index (χ1) is 19.6. The Labute approximate surface area is 237 Å². The van der Waals surface area contributed by atoms with E-state index in [2.05, 4.69) is 5.73 Å². The number of aliphatic carboxylic acids is 1. The van der Waals surface area contributed by atoms with Gasteiger partial charge in [-0.2, -0.15) is 0 Å². The highest BCUT2D eigenvalue weighted by atomic mass is 16.7. The third-order valence-electron chi connectivity index (χ3n) is 7.48. The van der Waals surface area contributed by atoms with Gasteiger partial charge >= 0.3 is 5.97 Å². The summed E-state index contributed by atoms with van der Waals surface area (Å²) in [7, 11) is 0. The smallest absolute Gasteiger partial charge is 0.303 e. The van der Waals surface area contributed by atoms with Gasteiger partial charge in [0.25, 0.3) is 0 Å². The average molecular weight is 561 g/mol. The van der Waals surface area contributed by atoms with Gasteiger partial charge < -0.3 is 38.6 Å². The van der Waals surface area contributed by atoms with Crippen LogP contribution in [0.15, 0.2) is 48.2 Å². The zero-order valence-corrected chi connectivity index (χ0v) is 23.2. The van der Waals surface area contributed by atoms with Gasteiger partial charge in [0, 0.05) is 32.0 Å². The van der Waals surface area contributed by atoms with Crippen LogP contribution in [0.1, 0.15) is 64.2 Å². The minimum absolute atomic E-state index is 0.0626. The largest absolute Gasteiger partial charge is 0.491 e. The Balaban J connectivity index is 1.41. The first kappa shape index (κ1) is 30.7. The standard InChI is InChI=1S/C31H44O9/c32-26-20-27(40-30-17-9-11-19-36-30)31(25(26)14-6-1-2-7-15-28(33)34)38-22-24(39-29-16-8-10-18-35-29)21-37-23-12-4-3-5-13-23/h2-6,12-13,24-27,29-32H,7-11,14-22H2,(H,33,34). The Morgan fingerprint density at radius 3 is 2.48 bits per heavy atom. The fourth-order valence-electron chi connectivity index (χ4n) is 5.36. The number of allylic oxidation sites excluding steroid dienone is 1. The van der Waals surface area contributed by atoms with Crippen molar-refractivity contribution in [3.63, 3.8) is 0 Å². The summed E-state index contributed by atoms with van der Waals surface area (Å²) in [6.45, 7) is 1.91. The van der Waals surface area contributed by atoms with Crippen molar-refractivity contribution in [3.05, 3.63) is 48.2 Å². The van der Waals surface area contributed by atoms with E-state index in [0.29, 0.717) is 39.1 Å². The van der Waals surface area contributed by atoms with Crippen LogP contribution >= 0.6 is 0 Å². The highest BCUT2D eigenvalue weighted by Gasteiger charge is 2.45. The molecule has 0 bridgehead atoms. The van der Waals surface area contributed by atoms with E-state index in [-0.39, 0.29) is 49.8 Å². The highest BCUT2D eigenvalue weighted by molar-refractivity contribution is 5.66. The summed E-state index contributed by atoms with van der Waals surface area (Å²) in [6.07, 6.45) is 8.52. The molecule has 0 spiro atoms. The second-order valence-electron chi connectivity index (χ2n) is 10.7. The van der Waals surface area contributed by atoms with Crippen LogP contribution in [-0.4, -0.2) is 79.6 Å². The van der Waals surface area contributed by atoms with Gasteiger partial charge in [-0.05, 0) is 75.7 Å². The van der Waals surface area contributed by atoms with E-state index < -0.39 is 12.1 Å². The summed E-state index contributed by atoms with van der Waals surface area (Å²) in [5, 5.41) is 19.8. The molecule has 9 nitrogen and oxygen atoms in total. The molecule has 2 aliphatic heterocycles. The van der Waals surface area contributed by atoms with Crippen LogP contribution in [0.3, 0.4) is 0 Å². The van der Waals surface area contributed by atoms with Crippen molar-refractivity contribution in [2.75, 3.05) is 26.4 Å². The fraction of sp³-hybridized carbons (Fsp3) is 0.677. The molecule has 1 aromatic rings. The number of aliphatic hydroxyl groups is 1.